The van der Waals surface area contributed by atoms with Crippen molar-refractivity contribution in [2.45, 2.75) is 6.42 Å². The van der Waals surface area contributed by atoms with Crippen LogP contribution in [0, 0.1) is 0 Å². The van der Waals surface area contributed by atoms with Gasteiger partial charge in [-0.05, 0) is 42.0 Å². The molecule has 2 amide bonds. The molecule has 0 radical (unpaired) electrons. The van der Waals surface area contributed by atoms with Gasteiger partial charge in [0.05, 0.1) is 20.6 Å². The number of amides is 2. The highest BCUT2D eigenvalue weighted by Crippen LogP contribution is 2.27. The molecule has 0 saturated carbocycles. The molecule has 132 valence electrons. The number of nitrogens with one attached hydrogen (secondary N) is 1. The first-order valence-electron chi connectivity index (χ1n) is 7.77. The molecule has 2 rings (SSSR count). The zero-order valence-electron chi connectivity index (χ0n) is 14.8. The maximum absolute atomic E-state index is 12.2. The lowest BCUT2D eigenvalue weighted by Gasteiger charge is -2.11. The molecule has 0 heterocycles. The molecule has 6 nitrogen and oxygen atoms in total. The summed E-state index contributed by atoms with van der Waals surface area (Å²) in [6.07, 6.45) is 0.207. The van der Waals surface area contributed by atoms with Crippen molar-refractivity contribution in [2.75, 3.05) is 33.6 Å². The maximum Gasteiger partial charge on any atom is 0.253 e. The number of nitrogens with zero attached hydrogens (tertiary/aromatic N) is 1. The Morgan fingerprint density at radius 2 is 1.60 bits per heavy atom. The topological polar surface area (TPSA) is 67.9 Å². The van der Waals surface area contributed by atoms with Crippen molar-refractivity contribution >= 4 is 17.5 Å². The highest BCUT2D eigenvalue weighted by atomic mass is 16.5. The van der Waals surface area contributed by atoms with E-state index in [1.54, 1.807) is 64.7 Å². The minimum absolute atomic E-state index is 0.0804. The summed E-state index contributed by atoms with van der Waals surface area (Å²) in [4.78, 5) is 25.6. The van der Waals surface area contributed by atoms with E-state index in [0.29, 0.717) is 22.7 Å². The summed E-state index contributed by atoms with van der Waals surface area (Å²) in [5.74, 6) is 0.967. The van der Waals surface area contributed by atoms with Crippen molar-refractivity contribution in [1.29, 1.82) is 0 Å². The minimum Gasteiger partial charge on any atom is -0.493 e. The minimum atomic E-state index is -0.154. The highest BCUT2D eigenvalue weighted by molar-refractivity contribution is 5.96. The van der Waals surface area contributed by atoms with Gasteiger partial charge in [0.15, 0.2) is 11.5 Å². The SMILES string of the molecule is COc1ccc(CC(=O)Nc2ccc(C(=O)N(C)C)cc2)cc1OC. The number of benzene rings is 2. The van der Waals surface area contributed by atoms with Crippen molar-refractivity contribution in [3.05, 3.63) is 53.6 Å². The van der Waals surface area contributed by atoms with E-state index in [2.05, 4.69) is 5.32 Å². The van der Waals surface area contributed by atoms with E-state index < -0.39 is 0 Å². The lowest BCUT2D eigenvalue weighted by atomic mass is 10.1. The summed E-state index contributed by atoms with van der Waals surface area (Å²) in [5.41, 5.74) is 2.03. The lowest BCUT2D eigenvalue weighted by Crippen LogP contribution is -2.21. The van der Waals surface area contributed by atoms with Gasteiger partial charge >= 0.3 is 0 Å². The Morgan fingerprint density at radius 1 is 0.960 bits per heavy atom. The number of methoxy groups -OCH3 is 2. The molecule has 0 aliphatic rings. The van der Waals surface area contributed by atoms with Crippen LogP contribution in [-0.4, -0.2) is 45.0 Å². The van der Waals surface area contributed by atoms with Gasteiger partial charge in [0.25, 0.3) is 5.91 Å². The largest absolute Gasteiger partial charge is 0.493 e. The third kappa shape index (κ3) is 4.73. The van der Waals surface area contributed by atoms with Gasteiger partial charge in [-0.1, -0.05) is 6.07 Å². The number of carbonyl (C=O) groups excluding carboxylic acids is 2. The number of hydrogen-bond acceptors (Lipinski definition) is 4. The second-order valence-corrected chi connectivity index (χ2v) is 5.69. The fourth-order valence-corrected chi connectivity index (χ4v) is 2.34. The molecule has 0 atom stereocenters. The van der Waals surface area contributed by atoms with Crippen LogP contribution in [0.3, 0.4) is 0 Å². The summed E-state index contributed by atoms with van der Waals surface area (Å²) in [7, 11) is 6.51. The fourth-order valence-electron chi connectivity index (χ4n) is 2.34. The van der Waals surface area contributed by atoms with E-state index in [9.17, 15) is 9.59 Å². The number of anilines is 1. The fraction of sp³-hybridized carbons (Fsp3) is 0.263. The number of ether oxygens (including phenoxy) is 2. The third-order valence-corrected chi connectivity index (χ3v) is 3.63. The van der Waals surface area contributed by atoms with Crippen molar-refractivity contribution in [3.8, 4) is 11.5 Å². The van der Waals surface area contributed by atoms with E-state index in [-0.39, 0.29) is 18.2 Å². The van der Waals surface area contributed by atoms with E-state index >= 15 is 0 Å². The van der Waals surface area contributed by atoms with Crippen LogP contribution in [0.5, 0.6) is 11.5 Å². The predicted molar refractivity (Wildman–Crippen MR) is 96.3 cm³/mol. The molecule has 0 saturated heterocycles. The standard InChI is InChI=1S/C19H22N2O4/c1-21(2)19(23)14-6-8-15(9-7-14)20-18(22)12-13-5-10-16(24-3)17(11-13)25-4/h5-11H,12H2,1-4H3,(H,20,22). The second kappa shape index (κ2) is 8.19. The van der Waals surface area contributed by atoms with Crippen LogP contribution in [0.1, 0.15) is 15.9 Å². The maximum atomic E-state index is 12.2. The monoisotopic (exact) mass is 342 g/mol. The number of carbonyl (C=O) groups is 2. The molecule has 0 unspecified atom stereocenters. The van der Waals surface area contributed by atoms with Crippen LogP contribution in [0.2, 0.25) is 0 Å². The molecule has 0 fully saturated rings. The van der Waals surface area contributed by atoms with Crippen LogP contribution in [-0.2, 0) is 11.2 Å². The summed E-state index contributed by atoms with van der Waals surface area (Å²) in [5, 5.41) is 2.82. The van der Waals surface area contributed by atoms with E-state index in [4.69, 9.17) is 9.47 Å². The molecule has 0 aromatic heterocycles. The van der Waals surface area contributed by atoms with Gasteiger partial charge in [0.2, 0.25) is 5.91 Å². The molecule has 6 heteroatoms. The number of rotatable bonds is 6. The van der Waals surface area contributed by atoms with Gasteiger partial charge in [-0.2, -0.15) is 0 Å². The Labute approximate surface area is 147 Å². The zero-order chi connectivity index (χ0) is 18.4. The van der Waals surface area contributed by atoms with Crippen LogP contribution >= 0.6 is 0 Å². The van der Waals surface area contributed by atoms with E-state index in [1.807, 2.05) is 6.07 Å². The Kier molecular flexibility index (Phi) is 6.00. The molecule has 0 aliphatic carbocycles. The molecule has 25 heavy (non-hydrogen) atoms. The van der Waals surface area contributed by atoms with Crippen LogP contribution in [0.4, 0.5) is 5.69 Å². The van der Waals surface area contributed by atoms with Crippen molar-refractivity contribution in [2.24, 2.45) is 0 Å². The summed E-state index contributed by atoms with van der Waals surface area (Å²) >= 11 is 0. The molecule has 0 aliphatic heterocycles. The summed E-state index contributed by atoms with van der Waals surface area (Å²) < 4.78 is 10.4. The van der Waals surface area contributed by atoms with E-state index in [0.717, 1.165) is 5.56 Å². The quantitative estimate of drug-likeness (QED) is 0.876. The van der Waals surface area contributed by atoms with Gasteiger partial charge in [0.1, 0.15) is 0 Å². The summed E-state index contributed by atoms with van der Waals surface area (Å²) in [6, 6.07) is 12.2. The molecular weight excluding hydrogens is 320 g/mol. The molecule has 0 bridgehead atoms. The van der Waals surface area contributed by atoms with Crippen molar-refractivity contribution < 1.29 is 19.1 Å². The van der Waals surface area contributed by atoms with Crippen LogP contribution in [0.15, 0.2) is 42.5 Å². The van der Waals surface area contributed by atoms with Gasteiger partial charge in [0, 0.05) is 25.3 Å². The lowest BCUT2D eigenvalue weighted by molar-refractivity contribution is -0.115. The van der Waals surface area contributed by atoms with Gasteiger partial charge in [-0.15, -0.1) is 0 Å². The first kappa shape index (κ1) is 18.3. The average Bonchev–Trinajstić information content (AvgIpc) is 2.61. The summed E-state index contributed by atoms with van der Waals surface area (Å²) in [6.45, 7) is 0. The Hall–Kier alpha value is -3.02. The Balaban J connectivity index is 2.02. The average molecular weight is 342 g/mol. The van der Waals surface area contributed by atoms with Crippen LogP contribution < -0.4 is 14.8 Å². The normalized spacial score (nSPS) is 10.1. The number of hydrogen-bond donors (Lipinski definition) is 1. The van der Waals surface area contributed by atoms with Crippen molar-refractivity contribution in [1.82, 2.24) is 4.90 Å². The van der Waals surface area contributed by atoms with E-state index in [1.165, 1.54) is 4.90 Å². The van der Waals surface area contributed by atoms with Gasteiger partial charge in [-0.3, -0.25) is 9.59 Å². The molecule has 2 aromatic carbocycles. The third-order valence-electron chi connectivity index (χ3n) is 3.63. The molecular formula is C19H22N2O4. The molecule has 1 N–H and O–H groups in total. The second-order valence-electron chi connectivity index (χ2n) is 5.69. The first-order valence-corrected chi connectivity index (χ1v) is 7.77. The van der Waals surface area contributed by atoms with Gasteiger partial charge < -0.3 is 19.7 Å². The van der Waals surface area contributed by atoms with Crippen LogP contribution in [0.25, 0.3) is 0 Å². The highest BCUT2D eigenvalue weighted by Gasteiger charge is 2.10. The molecule has 0 spiro atoms. The van der Waals surface area contributed by atoms with Crippen molar-refractivity contribution in [3.63, 3.8) is 0 Å². The predicted octanol–water partition coefficient (Wildman–Crippen LogP) is 2.59. The zero-order valence-corrected chi connectivity index (χ0v) is 14.8. The van der Waals surface area contributed by atoms with Gasteiger partial charge in [-0.25, -0.2) is 0 Å². The Morgan fingerprint density at radius 3 is 2.16 bits per heavy atom. The first-order chi connectivity index (χ1) is 11.9. The Bertz CT molecular complexity index is 755. The smallest absolute Gasteiger partial charge is 0.253 e. The molecule has 2 aromatic rings.